The Bertz CT molecular complexity index is 1510. The third-order valence-corrected chi connectivity index (χ3v) is 9.70. The lowest BCUT2D eigenvalue weighted by molar-refractivity contribution is -0.202. The van der Waals surface area contributed by atoms with Crippen LogP contribution in [0.15, 0.2) is 115 Å². The van der Waals surface area contributed by atoms with Crippen LogP contribution in [0.2, 0.25) is 0 Å². The molecule has 254 valence electrons. The van der Waals surface area contributed by atoms with Crippen LogP contribution in [0.1, 0.15) is 42.0 Å². The summed E-state index contributed by atoms with van der Waals surface area (Å²) in [5.74, 6) is 0.449. The zero-order valence-corrected chi connectivity index (χ0v) is 27.5. The predicted molar refractivity (Wildman–Crippen MR) is 182 cm³/mol. The number of hydrogen-bond donors (Lipinski definition) is 0. The van der Waals surface area contributed by atoms with Crippen LogP contribution in [-0.2, 0) is 40.2 Å². The van der Waals surface area contributed by atoms with E-state index >= 15 is 0 Å². The lowest BCUT2D eigenvalue weighted by Gasteiger charge is -2.49. The van der Waals surface area contributed by atoms with Crippen molar-refractivity contribution in [2.75, 3.05) is 31.1 Å². The van der Waals surface area contributed by atoms with E-state index < -0.39 is 11.7 Å². The second-order valence-corrected chi connectivity index (χ2v) is 13.0. The molecule has 0 aromatic heterocycles. The van der Waals surface area contributed by atoms with Crippen LogP contribution in [-0.4, -0.2) is 55.4 Å². The molecule has 0 bridgehead atoms. The Morgan fingerprint density at radius 2 is 1.10 bits per heavy atom. The van der Waals surface area contributed by atoms with E-state index in [-0.39, 0.29) is 24.4 Å². The minimum Gasteiger partial charge on any atom is -0.372 e. The summed E-state index contributed by atoms with van der Waals surface area (Å²) in [6.45, 7) is 6.89. The van der Waals surface area contributed by atoms with E-state index in [0.717, 1.165) is 61.4 Å². The van der Waals surface area contributed by atoms with Gasteiger partial charge in [-0.2, -0.15) is 13.2 Å². The molecule has 4 atom stereocenters. The maximum absolute atomic E-state index is 13.1. The zero-order valence-electron chi connectivity index (χ0n) is 27.5. The van der Waals surface area contributed by atoms with Gasteiger partial charge in [0, 0.05) is 37.9 Å². The van der Waals surface area contributed by atoms with Gasteiger partial charge in [0.15, 0.2) is 0 Å². The molecule has 8 heteroatoms. The molecule has 2 aliphatic heterocycles. The summed E-state index contributed by atoms with van der Waals surface area (Å²) in [4.78, 5) is 4.70. The number of nitrogens with zero attached hydrogens (tertiary/aromatic N) is 2. The number of likely N-dealkylation sites (tertiary alicyclic amines) is 1. The number of benzene rings is 4. The Labute approximate surface area is 282 Å². The molecule has 2 fully saturated rings. The topological polar surface area (TPSA) is 34.2 Å². The average Bonchev–Trinajstić information content (AvgIpc) is 3.12. The number of halogens is 3. The first-order chi connectivity index (χ1) is 23.3. The van der Waals surface area contributed by atoms with E-state index in [1.54, 1.807) is 12.1 Å². The highest BCUT2D eigenvalue weighted by atomic mass is 19.4. The molecule has 6 rings (SSSR count). The van der Waals surface area contributed by atoms with E-state index in [0.29, 0.717) is 25.7 Å². The van der Waals surface area contributed by atoms with Crippen molar-refractivity contribution < 1.29 is 27.4 Å². The van der Waals surface area contributed by atoms with Gasteiger partial charge in [-0.3, -0.25) is 4.90 Å². The third kappa shape index (κ3) is 9.05. The fourth-order valence-corrected chi connectivity index (χ4v) is 6.90. The van der Waals surface area contributed by atoms with Crippen molar-refractivity contribution in [3.05, 3.63) is 138 Å². The van der Waals surface area contributed by atoms with Crippen LogP contribution in [0.4, 0.5) is 18.9 Å². The molecule has 0 spiro atoms. The van der Waals surface area contributed by atoms with E-state index in [1.165, 1.54) is 12.1 Å². The predicted octanol–water partition coefficient (Wildman–Crippen LogP) is 8.38. The highest BCUT2D eigenvalue weighted by Gasteiger charge is 2.44. The van der Waals surface area contributed by atoms with Gasteiger partial charge in [-0.1, -0.05) is 91.0 Å². The van der Waals surface area contributed by atoms with Crippen LogP contribution in [0.5, 0.6) is 0 Å². The van der Waals surface area contributed by atoms with Gasteiger partial charge >= 0.3 is 6.18 Å². The SMILES string of the molecule is C[C@@H]1[C@@H](OCc2ccccc2)[C@H](OCc2ccccc2)[C@@H](OCc2ccccc2)CN1CC1CCN(c2ccc(C(F)(F)F)cc2)CC1. The molecule has 4 aromatic carbocycles. The molecule has 4 aromatic rings. The van der Waals surface area contributed by atoms with E-state index in [4.69, 9.17) is 14.2 Å². The van der Waals surface area contributed by atoms with Gasteiger partial charge < -0.3 is 19.1 Å². The molecule has 2 aliphatic rings. The molecule has 2 saturated heterocycles. The molecular weight excluding hydrogens is 613 g/mol. The summed E-state index contributed by atoms with van der Waals surface area (Å²) < 4.78 is 59.4. The number of rotatable bonds is 12. The molecule has 0 N–H and O–H groups in total. The first kappa shape index (κ1) is 34.2. The fraction of sp³-hybridized carbons (Fsp3) is 0.400. The molecule has 5 nitrogen and oxygen atoms in total. The van der Waals surface area contributed by atoms with Crippen LogP contribution < -0.4 is 4.90 Å². The average molecular weight is 659 g/mol. The maximum Gasteiger partial charge on any atom is 0.416 e. The van der Waals surface area contributed by atoms with Gasteiger partial charge in [-0.25, -0.2) is 0 Å². The molecule has 0 saturated carbocycles. The molecule has 0 radical (unpaired) electrons. The molecule has 0 unspecified atom stereocenters. The lowest BCUT2D eigenvalue weighted by atomic mass is 9.90. The fourth-order valence-electron chi connectivity index (χ4n) is 6.90. The first-order valence-corrected chi connectivity index (χ1v) is 17.0. The molecule has 0 amide bonds. The van der Waals surface area contributed by atoms with Gasteiger partial charge in [0.05, 0.1) is 31.5 Å². The standard InChI is InChI=1S/C40H45F3N2O3/c1-30-38(47-28-33-13-7-3-8-14-33)39(48-29-34-15-9-4-10-16-34)37(46-27-32-11-5-2-6-12-32)26-45(30)25-31-21-23-44(24-22-31)36-19-17-35(18-20-36)40(41,42)43/h2-20,30-31,37-39H,21-29H2,1H3/t30-,37+,38-,39-/m1/s1. The Morgan fingerprint density at radius 3 is 1.60 bits per heavy atom. The lowest BCUT2D eigenvalue weighted by Crippen LogP contribution is -2.63. The minimum atomic E-state index is -4.33. The van der Waals surface area contributed by atoms with Crippen molar-refractivity contribution >= 4 is 5.69 Å². The second-order valence-electron chi connectivity index (χ2n) is 13.0. The quantitative estimate of drug-likeness (QED) is 0.153. The van der Waals surface area contributed by atoms with E-state index in [1.807, 2.05) is 54.6 Å². The summed E-state index contributed by atoms with van der Waals surface area (Å²) in [7, 11) is 0. The summed E-state index contributed by atoms with van der Waals surface area (Å²) in [5.41, 5.74) is 3.56. The minimum absolute atomic E-state index is 0.0824. The molecular formula is C40H45F3N2O3. The van der Waals surface area contributed by atoms with Crippen molar-refractivity contribution in [2.45, 2.75) is 70.1 Å². The van der Waals surface area contributed by atoms with Gasteiger partial charge in [-0.15, -0.1) is 0 Å². The van der Waals surface area contributed by atoms with Gasteiger partial charge in [0.1, 0.15) is 12.2 Å². The Morgan fingerprint density at radius 1 is 0.625 bits per heavy atom. The largest absolute Gasteiger partial charge is 0.416 e. The number of alkyl halides is 3. The van der Waals surface area contributed by atoms with E-state index in [9.17, 15) is 13.2 Å². The highest BCUT2D eigenvalue weighted by molar-refractivity contribution is 5.48. The summed E-state index contributed by atoms with van der Waals surface area (Å²) >= 11 is 0. The summed E-state index contributed by atoms with van der Waals surface area (Å²) in [6, 6.07) is 36.3. The van der Waals surface area contributed by atoms with Crippen LogP contribution in [0.3, 0.4) is 0 Å². The van der Waals surface area contributed by atoms with Crippen molar-refractivity contribution in [3.63, 3.8) is 0 Å². The van der Waals surface area contributed by atoms with E-state index in [2.05, 4.69) is 53.1 Å². The van der Waals surface area contributed by atoms with Gasteiger partial charge in [-0.05, 0) is 66.6 Å². The Kier molecular flexibility index (Phi) is 11.5. The number of piperidine rings is 2. The normalized spacial score (nSPS) is 22.5. The van der Waals surface area contributed by atoms with Crippen LogP contribution in [0, 0.1) is 5.92 Å². The number of ether oxygens (including phenoxy) is 3. The number of anilines is 1. The number of hydrogen-bond acceptors (Lipinski definition) is 5. The Hall–Kier alpha value is -3.69. The maximum atomic E-state index is 13.1. The van der Waals surface area contributed by atoms with Gasteiger partial charge in [0.25, 0.3) is 0 Å². The first-order valence-electron chi connectivity index (χ1n) is 17.0. The van der Waals surface area contributed by atoms with Crippen LogP contribution >= 0.6 is 0 Å². The summed E-state index contributed by atoms with van der Waals surface area (Å²) in [6.07, 6.45) is -3.11. The molecule has 0 aliphatic carbocycles. The second kappa shape index (κ2) is 16.1. The molecule has 48 heavy (non-hydrogen) atoms. The van der Waals surface area contributed by atoms with Crippen LogP contribution in [0.25, 0.3) is 0 Å². The molecule has 2 heterocycles. The van der Waals surface area contributed by atoms with Gasteiger partial charge in [0.2, 0.25) is 0 Å². The van der Waals surface area contributed by atoms with Crippen molar-refractivity contribution in [3.8, 4) is 0 Å². The zero-order chi connectivity index (χ0) is 33.3. The highest BCUT2D eigenvalue weighted by Crippen LogP contribution is 2.33. The third-order valence-electron chi connectivity index (χ3n) is 9.70. The smallest absolute Gasteiger partial charge is 0.372 e. The van der Waals surface area contributed by atoms with Crippen molar-refractivity contribution in [1.29, 1.82) is 0 Å². The van der Waals surface area contributed by atoms with Crippen molar-refractivity contribution in [2.24, 2.45) is 5.92 Å². The monoisotopic (exact) mass is 658 g/mol. The Balaban J connectivity index is 1.17. The summed E-state index contributed by atoms with van der Waals surface area (Å²) in [5, 5.41) is 0. The van der Waals surface area contributed by atoms with Crippen molar-refractivity contribution in [1.82, 2.24) is 4.90 Å².